The van der Waals surface area contributed by atoms with Crippen LogP contribution in [0.1, 0.15) is 5.56 Å². The number of hydrogen-bond donors (Lipinski definition) is 0. The first-order valence-corrected chi connectivity index (χ1v) is 5.18. The number of nitrogens with zero attached hydrogens (tertiary/aromatic N) is 4. The Morgan fingerprint density at radius 3 is 2.82 bits per heavy atom. The molecule has 0 saturated heterocycles. The predicted molar refractivity (Wildman–Crippen MR) is 63.6 cm³/mol. The molecule has 0 unspecified atom stereocenters. The first-order chi connectivity index (χ1) is 8.38. The van der Waals surface area contributed by atoms with Crippen molar-refractivity contribution in [3.63, 3.8) is 0 Å². The van der Waals surface area contributed by atoms with Crippen LogP contribution in [0, 0.1) is 11.3 Å². The molecule has 0 spiro atoms. The lowest BCUT2D eigenvalue weighted by Gasteiger charge is -2.03. The van der Waals surface area contributed by atoms with Crippen LogP contribution in [0.4, 0.5) is 0 Å². The summed E-state index contributed by atoms with van der Waals surface area (Å²) in [5, 5.41) is 14.0. The molecule has 3 aromatic rings. The molecule has 4 heteroatoms. The van der Waals surface area contributed by atoms with Crippen molar-refractivity contribution in [2.75, 3.05) is 0 Å². The van der Waals surface area contributed by atoms with Crippen LogP contribution in [-0.4, -0.2) is 14.8 Å². The summed E-state index contributed by atoms with van der Waals surface area (Å²) in [5.41, 5.74) is 1.44. The molecule has 80 valence electrons. The van der Waals surface area contributed by atoms with Crippen LogP contribution in [0.15, 0.2) is 48.8 Å². The number of aromatic nitrogens is 3. The van der Waals surface area contributed by atoms with E-state index < -0.39 is 0 Å². The van der Waals surface area contributed by atoms with Crippen LogP contribution in [0.2, 0.25) is 0 Å². The van der Waals surface area contributed by atoms with E-state index >= 15 is 0 Å². The highest BCUT2D eigenvalue weighted by Gasteiger charge is 2.03. The van der Waals surface area contributed by atoms with Crippen molar-refractivity contribution < 1.29 is 0 Å². The van der Waals surface area contributed by atoms with Gasteiger partial charge >= 0.3 is 0 Å². The molecule has 0 N–H and O–H groups in total. The minimum absolute atomic E-state index is 0.641. The molecule has 17 heavy (non-hydrogen) atoms. The molecule has 2 aromatic heterocycles. The summed E-state index contributed by atoms with van der Waals surface area (Å²) >= 11 is 0. The van der Waals surface area contributed by atoms with E-state index in [0.717, 1.165) is 16.7 Å². The maximum atomic E-state index is 8.99. The third kappa shape index (κ3) is 1.54. The van der Waals surface area contributed by atoms with Crippen LogP contribution in [0.25, 0.3) is 16.7 Å². The summed E-state index contributed by atoms with van der Waals surface area (Å²) < 4.78 is 1.69. The Balaban J connectivity index is 2.25. The largest absolute Gasteiger partial charge is 0.229 e. The van der Waals surface area contributed by atoms with Gasteiger partial charge in [-0.2, -0.15) is 10.4 Å². The van der Waals surface area contributed by atoms with E-state index in [4.69, 9.17) is 5.26 Å². The fraction of sp³-hybridized carbons (Fsp3) is 0. The summed E-state index contributed by atoms with van der Waals surface area (Å²) in [7, 11) is 0. The fourth-order valence-corrected chi connectivity index (χ4v) is 1.77. The molecular formula is C13H8N4. The van der Waals surface area contributed by atoms with Crippen molar-refractivity contribution >= 4 is 10.9 Å². The van der Waals surface area contributed by atoms with Gasteiger partial charge < -0.3 is 0 Å². The first kappa shape index (κ1) is 9.55. The second-order valence-corrected chi connectivity index (χ2v) is 3.60. The number of nitriles is 1. The van der Waals surface area contributed by atoms with Gasteiger partial charge in [-0.05, 0) is 30.3 Å². The van der Waals surface area contributed by atoms with Crippen molar-refractivity contribution in [1.29, 1.82) is 5.26 Å². The van der Waals surface area contributed by atoms with E-state index in [0.29, 0.717) is 5.56 Å². The topological polar surface area (TPSA) is 54.5 Å². The second-order valence-electron chi connectivity index (χ2n) is 3.60. The van der Waals surface area contributed by atoms with Gasteiger partial charge in [-0.3, -0.25) is 0 Å². The number of rotatable bonds is 1. The third-order valence-electron chi connectivity index (χ3n) is 2.58. The molecule has 3 rings (SSSR count). The Kier molecular flexibility index (Phi) is 2.09. The van der Waals surface area contributed by atoms with Gasteiger partial charge in [-0.25, -0.2) is 9.67 Å². The van der Waals surface area contributed by atoms with Crippen LogP contribution >= 0.6 is 0 Å². The lowest BCUT2D eigenvalue weighted by atomic mass is 10.1. The average Bonchev–Trinajstić information content (AvgIpc) is 2.91. The Bertz CT molecular complexity index is 708. The first-order valence-electron chi connectivity index (χ1n) is 5.18. The van der Waals surface area contributed by atoms with Crippen molar-refractivity contribution in [2.45, 2.75) is 0 Å². The zero-order chi connectivity index (χ0) is 11.7. The second kappa shape index (κ2) is 3.72. The zero-order valence-corrected chi connectivity index (χ0v) is 8.91. The highest BCUT2D eigenvalue weighted by Crippen LogP contribution is 2.18. The highest BCUT2D eigenvalue weighted by atomic mass is 15.3. The van der Waals surface area contributed by atoms with E-state index in [1.807, 2.05) is 36.5 Å². The SMILES string of the molecule is N#Cc1cccc2nc(-n3cccn3)ccc12. The van der Waals surface area contributed by atoms with Crippen molar-refractivity contribution in [3.8, 4) is 11.9 Å². The number of hydrogen-bond acceptors (Lipinski definition) is 3. The molecule has 0 radical (unpaired) electrons. The van der Waals surface area contributed by atoms with Gasteiger partial charge in [-0.15, -0.1) is 0 Å². The molecule has 0 aliphatic rings. The standard InChI is InChI=1S/C13H8N4/c14-9-10-3-1-4-12-11(10)5-6-13(16-12)17-8-2-7-15-17/h1-8H. The molecule has 0 amide bonds. The van der Waals surface area contributed by atoms with Gasteiger partial charge in [-0.1, -0.05) is 6.07 Å². The zero-order valence-electron chi connectivity index (χ0n) is 8.91. The van der Waals surface area contributed by atoms with Gasteiger partial charge in [0.15, 0.2) is 5.82 Å². The lowest BCUT2D eigenvalue weighted by Crippen LogP contribution is -1.97. The minimum Gasteiger partial charge on any atom is -0.229 e. The monoisotopic (exact) mass is 220 g/mol. The number of pyridine rings is 1. The van der Waals surface area contributed by atoms with E-state index in [9.17, 15) is 0 Å². The molecule has 1 aromatic carbocycles. The van der Waals surface area contributed by atoms with Crippen LogP contribution in [-0.2, 0) is 0 Å². The van der Waals surface area contributed by atoms with E-state index in [-0.39, 0.29) is 0 Å². The Labute approximate surface area is 97.8 Å². The van der Waals surface area contributed by atoms with E-state index in [2.05, 4.69) is 16.2 Å². The smallest absolute Gasteiger partial charge is 0.154 e. The van der Waals surface area contributed by atoms with Gasteiger partial charge in [0.05, 0.1) is 17.1 Å². The van der Waals surface area contributed by atoms with Crippen LogP contribution in [0.5, 0.6) is 0 Å². The normalized spacial score (nSPS) is 10.3. The van der Waals surface area contributed by atoms with E-state index in [1.54, 1.807) is 16.9 Å². The minimum atomic E-state index is 0.641. The van der Waals surface area contributed by atoms with Gasteiger partial charge in [0.1, 0.15) is 0 Å². The Morgan fingerprint density at radius 2 is 2.06 bits per heavy atom. The summed E-state index contributed by atoms with van der Waals surface area (Å²) in [4.78, 5) is 4.48. The average molecular weight is 220 g/mol. The van der Waals surface area contributed by atoms with Crippen molar-refractivity contribution in [2.24, 2.45) is 0 Å². The molecule has 4 nitrogen and oxygen atoms in total. The van der Waals surface area contributed by atoms with Crippen LogP contribution in [0.3, 0.4) is 0 Å². The maximum absolute atomic E-state index is 8.99. The third-order valence-corrected chi connectivity index (χ3v) is 2.58. The predicted octanol–water partition coefficient (Wildman–Crippen LogP) is 2.29. The molecule has 0 aliphatic heterocycles. The molecule has 0 aliphatic carbocycles. The summed E-state index contributed by atoms with van der Waals surface area (Å²) in [5.74, 6) is 0.748. The summed E-state index contributed by atoms with van der Waals surface area (Å²) in [6.07, 6.45) is 3.54. The number of fused-ring (bicyclic) bond motifs is 1. The van der Waals surface area contributed by atoms with Crippen molar-refractivity contribution in [3.05, 3.63) is 54.4 Å². The van der Waals surface area contributed by atoms with Crippen LogP contribution < -0.4 is 0 Å². The maximum Gasteiger partial charge on any atom is 0.154 e. The van der Waals surface area contributed by atoms with Gasteiger partial charge in [0.2, 0.25) is 0 Å². The lowest BCUT2D eigenvalue weighted by molar-refractivity contribution is 0.853. The molecular weight excluding hydrogens is 212 g/mol. The Hall–Kier alpha value is -2.67. The number of benzene rings is 1. The molecule has 0 saturated carbocycles. The van der Waals surface area contributed by atoms with Gasteiger partial charge in [0.25, 0.3) is 0 Å². The summed E-state index contributed by atoms with van der Waals surface area (Å²) in [6.45, 7) is 0. The Morgan fingerprint density at radius 1 is 1.12 bits per heavy atom. The molecule has 2 heterocycles. The molecule has 0 atom stereocenters. The van der Waals surface area contributed by atoms with E-state index in [1.165, 1.54) is 0 Å². The van der Waals surface area contributed by atoms with Crippen molar-refractivity contribution in [1.82, 2.24) is 14.8 Å². The molecule has 0 bridgehead atoms. The summed E-state index contributed by atoms with van der Waals surface area (Å²) in [6, 6.07) is 13.3. The molecule has 0 fully saturated rings. The quantitative estimate of drug-likeness (QED) is 0.632. The van der Waals surface area contributed by atoms with Gasteiger partial charge in [0, 0.05) is 17.8 Å². The highest BCUT2D eigenvalue weighted by molar-refractivity contribution is 5.85. The fourth-order valence-electron chi connectivity index (χ4n) is 1.77.